The van der Waals surface area contributed by atoms with Crippen LogP contribution in [0.2, 0.25) is 0 Å². The van der Waals surface area contributed by atoms with Crippen LogP contribution in [-0.2, 0) is 0 Å². The predicted molar refractivity (Wildman–Crippen MR) is 44.2 cm³/mol. The Morgan fingerprint density at radius 1 is 1.08 bits per heavy atom. The van der Waals surface area contributed by atoms with E-state index >= 15 is 0 Å². The fraction of sp³-hybridized carbons (Fsp3) is 1.00. The van der Waals surface area contributed by atoms with Crippen molar-refractivity contribution < 1.29 is 22.0 Å². The third kappa shape index (κ3) is 1.36. The molecule has 72 valence electrons. The minimum Gasteiger partial charge on any atom is -1.00 e. The van der Waals surface area contributed by atoms with Crippen molar-refractivity contribution in [1.29, 1.82) is 0 Å². The SMILES string of the molecule is C[N+]1(C)C2CCC1CC(O)C2.[Cl-]. The standard InChI is InChI=1S/C9H18NO.ClH/c1-10(2)7-3-4-8(10)6-9(11)5-7;/h7-9,11H,3-6H2,1-2H3;1H/q+1;/p-1. The Morgan fingerprint density at radius 3 is 1.92 bits per heavy atom. The number of hydrogen-bond acceptors (Lipinski definition) is 1. The van der Waals surface area contributed by atoms with Gasteiger partial charge in [0.25, 0.3) is 0 Å². The van der Waals surface area contributed by atoms with E-state index in [9.17, 15) is 5.11 Å². The van der Waals surface area contributed by atoms with Crippen LogP contribution in [0, 0.1) is 0 Å². The van der Waals surface area contributed by atoms with Gasteiger partial charge in [-0.05, 0) is 0 Å². The topological polar surface area (TPSA) is 20.2 Å². The quantitative estimate of drug-likeness (QED) is 0.429. The molecule has 0 saturated carbocycles. The van der Waals surface area contributed by atoms with E-state index in [0.717, 1.165) is 29.4 Å². The van der Waals surface area contributed by atoms with Gasteiger partial charge in [-0.15, -0.1) is 0 Å². The van der Waals surface area contributed by atoms with Crippen LogP contribution < -0.4 is 12.4 Å². The molecule has 2 bridgehead atoms. The van der Waals surface area contributed by atoms with E-state index in [1.54, 1.807) is 0 Å². The van der Waals surface area contributed by atoms with Gasteiger partial charge in [-0.1, -0.05) is 0 Å². The van der Waals surface area contributed by atoms with Gasteiger partial charge >= 0.3 is 0 Å². The van der Waals surface area contributed by atoms with Gasteiger partial charge in [-0.25, -0.2) is 0 Å². The molecule has 2 fully saturated rings. The Hall–Kier alpha value is 0.210. The Labute approximate surface area is 80.6 Å². The number of piperidine rings is 1. The van der Waals surface area contributed by atoms with Crippen molar-refractivity contribution in [2.75, 3.05) is 14.1 Å². The first kappa shape index (κ1) is 10.3. The normalized spacial score (nSPS) is 43.8. The maximum absolute atomic E-state index is 9.51. The van der Waals surface area contributed by atoms with E-state index in [1.165, 1.54) is 12.8 Å². The molecule has 2 atom stereocenters. The zero-order valence-electron chi connectivity index (χ0n) is 7.83. The van der Waals surface area contributed by atoms with Crippen molar-refractivity contribution in [2.45, 2.75) is 43.9 Å². The van der Waals surface area contributed by atoms with Gasteiger partial charge in [-0.3, -0.25) is 0 Å². The van der Waals surface area contributed by atoms with Gasteiger partial charge in [0.15, 0.2) is 0 Å². The third-order valence-corrected chi connectivity index (χ3v) is 3.80. The molecular weight excluding hydrogens is 174 g/mol. The molecule has 0 aromatic heterocycles. The first-order chi connectivity index (χ1) is 5.10. The first-order valence-corrected chi connectivity index (χ1v) is 4.62. The molecule has 0 aromatic rings. The monoisotopic (exact) mass is 191 g/mol. The molecule has 0 aliphatic carbocycles. The lowest BCUT2D eigenvalue weighted by Gasteiger charge is -2.42. The van der Waals surface area contributed by atoms with Crippen LogP contribution in [0.1, 0.15) is 25.7 Å². The Bertz CT molecular complexity index is 156. The molecule has 0 amide bonds. The molecule has 2 saturated heterocycles. The highest BCUT2D eigenvalue weighted by Crippen LogP contribution is 2.39. The molecule has 0 spiro atoms. The van der Waals surface area contributed by atoms with Gasteiger partial charge in [0.05, 0.1) is 32.3 Å². The molecule has 2 heterocycles. The summed E-state index contributed by atoms with van der Waals surface area (Å²) in [6.07, 6.45) is 4.72. The van der Waals surface area contributed by atoms with Crippen molar-refractivity contribution in [2.24, 2.45) is 0 Å². The second-order valence-corrected chi connectivity index (χ2v) is 4.64. The predicted octanol–water partition coefficient (Wildman–Crippen LogP) is -2.25. The minimum absolute atomic E-state index is 0. The van der Waals surface area contributed by atoms with E-state index in [2.05, 4.69) is 14.1 Å². The zero-order valence-corrected chi connectivity index (χ0v) is 8.59. The first-order valence-electron chi connectivity index (χ1n) is 4.62. The Balaban J connectivity index is 0.000000720. The summed E-state index contributed by atoms with van der Waals surface area (Å²) in [6, 6.07) is 1.48. The van der Waals surface area contributed by atoms with E-state index in [4.69, 9.17) is 0 Å². The van der Waals surface area contributed by atoms with Crippen LogP contribution in [0.15, 0.2) is 0 Å². The van der Waals surface area contributed by atoms with Gasteiger partial charge in [0.1, 0.15) is 0 Å². The minimum atomic E-state index is -0.00125. The molecule has 2 nitrogen and oxygen atoms in total. The van der Waals surface area contributed by atoms with Crippen molar-refractivity contribution >= 4 is 0 Å². The summed E-state index contributed by atoms with van der Waals surface area (Å²) >= 11 is 0. The number of halogens is 1. The summed E-state index contributed by atoms with van der Waals surface area (Å²) in [7, 11) is 4.63. The van der Waals surface area contributed by atoms with Crippen molar-refractivity contribution in [3.05, 3.63) is 0 Å². The highest BCUT2D eigenvalue weighted by atomic mass is 35.5. The lowest BCUT2D eigenvalue weighted by atomic mass is 9.98. The van der Waals surface area contributed by atoms with Gasteiger partial charge in [0.2, 0.25) is 0 Å². The lowest BCUT2D eigenvalue weighted by molar-refractivity contribution is -0.931. The number of fused-ring (bicyclic) bond motifs is 2. The molecule has 1 N–H and O–H groups in total. The molecule has 2 aliphatic rings. The maximum atomic E-state index is 9.51. The summed E-state index contributed by atoms with van der Waals surface area (Å²) in [5, 5.41) is 9.51. The van der Waals surface area contributed by atoms with E-state index in [0.29, 0.717) is 0 Å². The third-order valence-electron chi connectivity index (χ3n) is 3.80. The van der Waals surface area contributed by atoms with Crippen LogP contribution >= 0.6 is 0 Å². The van der Waals surface area contributed by atoms with Crippen molar-refractivity contribution in [1.82, 2.24) is 0 Å². The number of aliphatic hydroxyl groups excluding tert-OH is 1. The molecule has 2 rings (SSSR count). The molecule has 0 radical (unpaired) electrons. The molecule has 12 heavy (non-hydrogen) atoms. The van der Waals surface area contributed by atoms with E-state index < -0.39 is 0 Å². The van der Waals surface area contributed by atoms with Crippen LogP contribution in [0.5, 0.6) is 0 Å². The van der Waals surface area contributed by atoms with Crippen LogP contribution in [0.4, 0.5) is 0 Å². The number of hydrogen-bond donors (Lipinski definition) is 1. The largest absolute Gasteiger partial charge is 1.00 e. The second-order valence-electron chi connectivity index (χ2n) is 4.64. The lowest BCUT2D eigenvalue weighted by Crippen LogP contribution is -3.00. The molecular formula is C9H18ClNO. The summed E-state index contributed by atoms with van der Waals surface area (Å²) < 4.78 is 1.16. The molecule has 2 aliphatic heterocycles. The highest BCUT2D eigenvalue weighted by Gasteiger charge is 2.48. The number of aliphatic hydroxyl groups is 1. The molecule has 0 aromatic carbocycles. The average Bonchev–Trinajstić information content (AvgIpc) is 2.19. The summed E-state index contributed by atoms with van der Waals surface area (Å²) in [4.78, 5) is 0. The molecule has 3 heteroatoms. The van der Waals surface area contributed by atoms with Gasteiger partial charge < -0.3 is 22.0 Å². The number of nitrogens with zero attached hydrogens (tertiary/aromatic N) is 1. The fourth-order valence-corrected chi connectivity index (χ4v) is 2.85. The highest BCUT2D eigenvalue weighted by molar-refractivity contribution is 4.84. The summed E-state index contributed by atoms with van der Waals surface area (Å²) in [5.74, 6) is 0. The van der Waals surface area contributed by atoms with Crippen molar-refractivity contribution in [3.8, 4) is 0 Å². The van der Waals surface area contributed by atoms with Crippen LogP contribution in [-0.4, -0.2) is 41.9 Å². The summed E-state index contributed by atoms with van der Waals surface area (Å²) in [6.45, 7) is 0. The average molecular weight is 192 g/mol. The van der Waals surface area contributed by atoms with E-state index in [-0.39, 0.29) is 18.5 Å². The van der Waals surface area contributed by atoms with Gasteiger partial charge in [0, 0.05) is 25.7 Å². The van der Waals surface area contributed by atoms with Gasteiger partial charge in [-0.2, -0.15) is 0 Å². The Kier molecular flexibility index (Phi) is 2.72. The zero-order chi connectivity index (χ0) is 8.06. The van der Waals surface area contributed by atoms with E-state index in [1.807, 2.05) is 0 Å². The summed E-state index contributed by atoms with van der Waals surface area (Å²) in [5.41, 5.74) is 0. The number of rotatable bonds is 0. The number of quaternary nitrogens is 1. The van der Waals surface area contributed by atoms with Crippen molar-refractivity contribution in [3.63, 3.8) is 0 Å². The second kappa shape index (κ2) is 3.17. The smallest absolute Gasteiger partial charge is 0.0915 e. The van der Waals surface area contributed by atoms with Crippen LogP contribution in [0.25, 0.3) is 0 Å². The maximum Gasteiger partial charge on any atom is 0.0915 e. The Morgan fingerprint density at radius 2 is 1.50 bits per heavy atom. The molecule has 2 unspecified atom stereocenters. The fourth-order valence-electron chi connectivity index (χ4n) is 2.85. The van der Waals surface area contributed by atoms with Crippen LogP contribution in [0.3, 0.4) is 0 Å².